The average molecular weight is 452 g/mol. The van der Waals surface area contributed by atoms with Gasteiger partial charge in [0.05, 0.1) is 5.69 Å². The van der Waals surface area contributed by atoms with Crippen molar-refractivity contribution >= 4 is 39.2 Å². The second-order valence-corrected chi connectivity index (χ2v) is 7.64. The molecule has 0 bridgehead atoms. The van der Waals surface area contributed by atoms with Crippen LogP contribution in [0.1, 0.15) is 23.6 Å². The summed E-state index contributed by atoms with van der Waals surface area (Å²) in [4.78, 5) is 14.7. The molecule has 1 aliphatic rings. The maximum Gasteiger partial charge on any atom is 0.258 e. The second-order valence-electron chi connectivity index (χ2n) is 6.73. The van der Waals surface area contributed by atoms with E-state index >= 15 is 0 Å². The standard InChI is InChI=1S/C24H19BrFNO2/c1-2-27-22-9-4-3-8-20(22)21(24(27)28)14-17-13-18(25)10-11-23(17)29-15-16-6-5-7-19(26)12-16/h3-14H,2,15H2,1H3/b21-14-. The quantitative estimate of drug-likeness (QED) is 0.440. The molecule has 0 N–H and O–H groups in total. The summed E-state index contributed by atoms with van der Waals surface area (Å²) in [6, 6.07) is 19.8. The molecule has 1 aliphatic heterocycles. The number of carbonyl (C=O) groups is 1. The molecule has 0 radical (unpaired) electrons. The van der Waals surface area contributed by atoms with Gasteiger partial charge in [0, 0.05) is 27.7 Å². The van der Waals surface area contributed by atoms with Crippen molar-refractivity contribution in [2.45, 2.75) is 13.5 Å². The van der Waals surface area contributed by atoms with Crippen LogP contribution in [0.3, 0.4) is 0 Å². The Bertz CT molecular complexity index is 1110. The minimum atomic E-state index is -0.294. The number of anilines is 1. The molecule has 3 nitrogen and oxygen atoms in total. The number of para-hydroxylation sites is 1. The van der Waals surface area contributed by atoms with Gasteiger partial charge in [-0.1, -0.05) is 46.3 Å². The van der Waals surface area contributed by atoms with Gasteiger partial charge >= 0.3 is 0 Å². The van der Waals surface area contributed by atoms with E-state index in [0.717, 1.165) is 26.9 Å². The van der Waals surface area contributed by atoms with E-state index in [9.17, 15) is 9.18 Å². The second kappa shape index (κ2) is 8.21. The highest BCUT2D eigenvalue weighted by atomic mass is 79.9. The Hall–Kier alpha value is -2.92. The topological polar surface area (TPSA) is 29.5 Å². The van der Waals surface area contributed by atoms with Crippen LogP contribution in [0.2, 0.25) is 0 Å². The summed E-state index contributed by atoms with van der Waals surface area (Å²) in [5.74, 6) is 0.312. The number of rotatable bonds is 5. The van der Waals surface area contributed by atoms with Crippen molar-refractivity contribution in [3.8, 4) is 5.75 Å². The molecule has 3 aromatic carbocycles. The number of benzene rings is 3. The summed E-state index contributed by atoms with van der Waals surface area (Å²) in [5, 5.41) is 0. The number of fused-ring (bicyclic) bond motifs is 1. The summed E-state index contributed by atoms with van der Waals surface area (Å²) in [6.45, 7) is 2.81. The van der Waals surface area contributed by atoms with Gasteiger partial charge in [-0.05, 0) is 55.0 Å². The monoisotopic (exact) mass is 451 g/mol. The Balaban J connectivity index is 1.70. The molecule has 5 heteroatoms. The molecule has 1 amide bonds. The normalized spacial score (nSPS) is 14.4. The maximum absolute atomic E-state index is 13.4. The summed E-state index contributed by atoms with van der Waals surface area (Å²) in [5.41, 5.74) is 3.99. The van der Waals surface area contributed by atoms with E-state index in [0.29, 0.717) is 17.9 Å². The van der Waals surface area contributed by atoms with E-state index < -0.39 is 0 Å². The Kier molecular flexibility index (Phi) is 5.49. The van der Waals surface area contributed by atoms with Crippen molar-refractivity contribution in [2.24, 2.45) is 0 Å². The number of hydrogen-bond acceptors (Lipinski definition) is 2. The van der Waals surface area contributed by atoms with Gasteiger partial charge in [0.25, 0.3) is 5.91 Å². The molecule has 146 valence electrons. The van der Waals surface area contributed by atoms with Crippen LogP contribution in [-0.2, 0) is 11.4 Å². The predicted molar refractivity (Wildman–Crippen MR) is 117 cm³/mol. The highest BCUT2D eigenvalue weighted by Crippen LogP contribution is 2.38. The van der Waals surface area contributed by atoms with E-state index in [1.807, 2.05) is 61.5 Å². The number of halogens is 2. The molecule has 0 saturated carbocycles. The molecular weight excluding hydrogens is 433 g/mol. The van der Waals surface area contributed by atoms with Crippen LogP contribution in [0.15, 0.2) is 71.2 Å². The number of ether oxygens (including phenoxy) is 1. The third-order valence-corrected chi connectivity index (χ3v) is 5.33. The van der Waals surface area contributed by atoms with E-state index in [1.165, 1.54) is 12.1 Å². The van der Waals surface area contributed by atoms with Gasteiger partial charge in [0.1, 0.15) is 18.2 Å². The molecule has 4 rings (SSSR count). The van der Waals surface area contributed by atoms with Crippen LogP contribution in [0.4, 0.5) is 10.1 Å². The van der Waals surface area contributed by atoms with Gasteiger partial charge < -0.3 is 9.64 Å². The Morgan fingerprint density at radius 2 is 1.90 bits per heavy atom. The van der Waals surface area contributed by atoms with Gasteiger partial charge in [-0.2, -0.15) is 0 Å². The van der Waals surface area contributed by atoms with E-state index in [4.69, 9.17) is 4.74 Å². The highest BCUT2D eigenvalue weighted by Gasteiger charge is 2.31. The van der Waals surface area contributed by atoms with Crippen LogP contribution in [0, 0.1) is 5.82 Å². The molecular formula is C24H19BrFNO2. The minimum absolute atomic E-state index is 0.0234. The van der Waals surface area contributed by atoms with Crippen molar-refractivity contribution in [1.82, 2.24) is 0 Å². The SMILES string of the molecule is CCN1C(=O)/C(=C\c2cc(Br)ccc2OCc2cccc(F)c2)c2ccccc21. The van der Waals surface area contributed by atoms with Crippen molar-refractivity contribution in [1.29, 1.82) is 0 Å². The van der Waals surface area contributed by atoms with Gasteiger partial charge in [0.2, 0.25) is 0 Å². The third-order valence-electron chi connectivity index (χ3n) is 4.83. The Labute approximate surface area is 177 Å². The largest absolute Gasteiger partial charge is 0.488 e. The lowest BCUT2D eigenvalue weighted by Crippen LogP contribution is -2.25. The van der Waals surface area contributed by atoms with E-state index in [2.05, 4.69) is 15.9 Å². The van der Waals surface area contributed by atoms with Gasteiger partial charge in [-0.15, -0.1) is 0 Å². The fraction of sp³-hybridized carbons (Fsp3) is 0.125. The molecule has 0 aromatic heterocycles. The third kappa shape index (κ3) is 3.96. The summed E-state index contributed by atoms with van der Waals surface area (Å²) in [7, 11) is 0. The average Bonchev–Trinajstić information content (AvgIpc) is 2.98. The maximum atomic E-state index is 13.4. The number of amides is 1. The summed E-state index contributed by atoms with van der Waals surface area (Å²) >= 11 is 3.49. The zero-order chi connectivity index (χ0) is 20.4. The van der Waals surface area contributed by atoms with E-state index in [-0.39, 0.29) is 18.3 Å². The van der Waals surface area contributed by atoms with Crippen LogP contribution in [0.25, 0.3) is 11.6 Å². The smallest absolute Gasteiger partial charge is 0.258 e. The van der Waals surface area contributed by atoms with Crippen LogP contribution < -0.4 is 9.64 Å². The zero-order valence-corrected chi connectivity index (χ0v) is 17.4. The lowest BCUT2D eigenvalue weighted by Gasteiger charge is -2.13. The van der Waals surface area contributed by atoms with Crippen LogP contribution >= 0.6 is 15.9 Å². The first kappa shape index (κ1) is 19.4. The first-order valence-corrected chi connectivity index (χ1v) is 10.2. The lowest BCUT2D eigenvalue weighted by atomic mass is 10.0. The molecule has 0 spiro atoms. The van der Waals surface area contributed by atoms with Gasteiger partial charge in [-0.25, -0.2) is 4.39 Å². The van der Waals surface area contributed by atoms with Crippen LogP contribution in [0.5, 0.6) is 5.75 Å². The first-order valence-electron chi connectivity index (χ1n) is 9.36. The molecule has 3 aromatic rings. The van der Waals surface area contributed by atoms with Gasteiger partial charge in [0.15, 0.2) is 0 Å². The molecule has 1 heterocycles. The molecule has 0 fully saturated rings. The van der Waals surface area contributed by atoms with Gasteiger partial charge in [-0.3, -0.25) is 4.79 Å². The first-order chi connectivity index (χ1) is 14.1. The summed E-state index contributed by atoms with van der Waals surface area (Å²) in [6.07, 6.45) is 1.86. The van der Waals surface area contributed by atoms with Crippen molar-refractivity contribution < 1.29 is 13.9 Å². The van der Waals surface area contributed by atoms with Crippen LogP contribution in [-0.4, -0.2) is 12.5 Å². The molecule has 0 unspecified atom stereocenters. The predicted octanol–water partition coefficient (Wildman–Crippen LogP) is 6.07. The van der Waals surface area contributed by atoms with Crippen molar-refractivity contribution in [2.75, 3.05) is 11.4 Å². The number of nitrogens with zero attached hydrogens (tertiary/aromatic N) is 1. The highest BCUT2D eigenvalue weighted by molar-refractivity contribution is 9.10. The number of hydrogen-bond donors (Lipinski definition) is 0. The zero-order valence-electron chi connectivity index (χ0n) is 15.9. The minimum Gasteiger partial charge on any atom is -0.488 e. The molecule has 0 atom stereocenters. The van der Waals surface area contributed by atoms with Crippen molar-refractivity contribution in [3.63, 3.8) is 0 Å². The van der Waals surface area contributed by atoms with E-state index in [1.54, 1.807) is 11.0 Å². The molecule has 0 aliphatic carbocycles. The summed E-state index contributed by atoms with van der Waals surface area (Å²) < 4.78 is 20.3. The fourth-order valence-corrected chi connectivity index (χ4v) is 3.85. The Morgan fingerprint density at radius 1 is 1.07 bits per heavy atom. The Morgan fingerprint density at radius 3 is 2.69 bits per heavy atom. The van der Waals surface area contributed by atoms with Crippen molar-refractivity contribution in [3.05, 3.63) is 93.7 Å². The molecule has 29 heavy (non-hydrogen) atoms. The number of carbonyl (C=O) groups excluding carboxylic acids is 1. The number of likely N-dealkylation sites (N-methyl/N-ethyl adjacent to an activating group) is 1. The molecule has 0 saturated heterocycles. The fourth-order valence-electron chi connectivity index (χ4n) is 3.47. The lowest BCUT2D eigenvalue weighted by molar-refractivity contribution is -0.112.